The van der Waals surface area contributed by atoms with Crippen LogP contribution in [0, 0.1) is 13.8 Å². The average Bonchev–Trinajstić information content (AvgIpc) is 2.98. The largest absolute Gasteiger partial charge is 0.478 e. The zero-order valence-electron chi connectivity index (χ0n) is 11.5. The van der Waals surface area contributed by atoms with Crippen molar-refractivity contribution in [3.05, 3.63) is 34.9 Å². The second-order valence-corrected chi connectivity index (χ2v) is 3.98. The van der Waals surface area contributed by atoms with Crippen LogP contribution in [0.3, 0.4) is 0 Å². The van der Waals surface area contributed by atoms with Gasteiger partial charge in [-0.1, -0.05) is 0 Å². The first-order chi connectivity index (χ1) is 9.47. The first kappa shape index (κ1) is 15.4. The SMILES string of the molecule is CCNC(=O)c1cn[nH]c1C.Cc1[nH]ncc1C(=O)O. The van der Waals surface area contributed by atoms with Gasteiger partial charge in [-0.2, -0.15) is 10.2 Å². The first-order valence-corrected chi connectivity index (χ1v) is 5.98. The molecule has 20 heavy (non-hydrogen) atoms. The van der Waals surface area contributed by atoms with Gasteiger partial charge in [0.15, 0.2) is 0 Å². The Balaban J connectivity index is 0.000000204. The van der Waals surface area contributed by atoms with Crippen molar-refractivity contribution in [3.8, 4) is 0 Å². The summed E-state index contributed by atoms with van der Waals surface area (Å²) in [5.41, 5.74) is 2.24. The van der Waals surface area contributed by atoms with E-state index in [1.54, 1.807) is 6.92 Å². The zero-order valence-corrected chi connectivity index (χ0v) is 11.5. The number of nitrogens with one attached hydrogen (secondary N) is 3. The molecule has 2 heterocycles. The Kier molecular flexibility index (Phi) is 5.45. The lowest BCUT2D eigenvalue weighted by atomic mass is 10.2. The maximum absolute atomic E-state index is 11.2. The van der Waals surface area contributed by atoms with Crippen LogP contribution in [0.1, 0.15) is 39.0 Å². The van der Waals surface area contributed by atoms with Crippen molar-refractivity contribution in [2.24, 2.45) is 0 Å². The molecule has 8 nitrogen and oxygen atoms in total. The molecule has 0 unspecified atom stereocenters. The molecule has 0 saturated carbocycles. The van der Waals surface area contributed by atoms with Crippen LogP contribution in [0.15, 0.2) is 12.4 Å². The van der Waals surface area contributed by atoms with Gasteiger partial charge in [0.1, 0.15) is 5.56 Å². The van der Waals surface area contributed by atoms with E-state index in [0.29, 0.717) is 17.8 Å². The minimum Gasteiger partial charge on any atom is -0.478 e. The summed E-state index contributed by atoms with van der Waals surface area (Å²) >= 11 is 0. The number of carbonyl (C=O) groups excluding carboxylic acids is 1. The standard InChI is InChI=1S/C7H11N3O.C5H6N2O2/c1-3-8-7(11)6-4-9-10-5(6)2;1-3-4(5(8)9)2-6-7-3/h4H,3H2,1-2H3,(H,8,11)(H,9,10);2H,1H3,(H,6,7)(H,8,9). The molecule has 4 N–H and O–H groups in total. The van der Waals surface area contributed by atoms with E-state index in [1.165, 1.54) is 12.4 Å². The molecule has 0 aromatic carbocycles. The van der Waals surface area contributed by atoms with Crippen LogP contribution in [-0.4, -0.2) is 43.9 Å². The Morgan fingerprint density at radius 3 is 1.95 bits per heavy atom. The summed E-state index contributed by atoms with van der Waals surface area (Å²) in [7, 11) is 0. The lowest BCUT2D eigenvalue weighted by molar-refractivity contribution is 0.0696. The Hall–Kier alpha value is -2.64. The molecule has 0 fully saturated rings. The van der Waals surface area contributed by atoms with Crippen molar-refractivity contribution in [2.45, 2.75) is 20.8 Å². The molecule has 0 aliphatic carbocycles. The molecule has 108 valence electrons. The fourth-order valence-electron chi connectivity index (χ4n) is 1.40. The van der Waals surface area contributed by atoms with E-state index in [2.05, 4.69) is 25.7 Å². The van der Waals surface area contributed by atoms with Crippen LogP contribution in [0.4, 0.5) is 0 Å². The molecule has 0 saturated heterocycles. The molecule has 8 heteroatoms. The number of amides is 1. The molecule has 0 aliphatic rings. The van der Waals surface area contributed by atoms with Gasteiger partial charge in [0.05, 0.1) is 18.0 Å². The van der Waals surface area contributed by atoms with Crippen LogP contribution in [0.2, 0.25) is 0 Å². The highest BCUT2D eigenvalue weighted by Crippen LogP contribution is 2.01. The van der Waals surface area contributed by atoms with Gasteiger partial charge in [-0.15, -0.1) is 0 Å². The highest BCUT2D eigenvalue weighted by Gasteiger charge is 2.08. The number of carbonyl (C=O) groups is 2. The fourth-order valence-corrected chi connectivity index (χ4v) is 1.40. The summed E-state index contributed by atoms with van der Waals surface area (Å²) < 4.78 is 0. The van der Waals surface area contributed by atoms with Crippen LogP contribution < -0.4 is 5.32 Å². The average molecular weight is 279 g/mol. The number of hydrogen-bond donors (Lipinski definition) is 4. The van der Waals surface area contributed by atoms with Gasteiger partial charge in [-0.25, -0.2) is 4.79 Å². The minimum absolute atomic E-state index is 0.0706. The van der Waals surface area contributed by atoms with E-state index in [4.69, 9.17) is 5.11 Å². The quantitative estimate of drug-likeness (QED) is 0.664. The number of hydrogen-bond acceptors (Lipinski definition) is 4. The number of aromatic carboxylic acids is 1. The number of aromatic amines is 2. The molecule has 0 spiro atoms. The van der Waals surface area contributed by atoms with E-state index in [-0.39, 0.29) is 11.5 Å². The summed E-state index contributed by atoms with van der Waals surface area (Å²) in [5, 5.41) is 23.6. The number of rotatable bonds is 3. The predicted molar refractivity (Wildman–Crippen MR) is 71.6 cm³/mol. The van der Waals surface area contributed by atoms with E-state index in [1.807, 2.05) is 13.8 Å². The first-order valence-electron chi connectivity index (χ1n) is 5.98. The Morgan fingerprint density at radius 1 is 1.15 bits per heavy atom. The zero-order chi connectivity index (χ0) is 15.1. The number of H-pyrrole nitrogens is 2. The Bertz CT molecular complexity index is 587. The number of carboxylic acid groups (broad SMARTS) is 1. The third kappa shape index (κ3) is 3.94. The van der Waals surface area contributed by atoms with Gasteiger partial charge >= 0.3 is 5.97 Å². The van der Waals surface area contributed by atoms with Gasteiger partial charge in [0.25, 0.3) is 5.91 Å². The van der Waals surface area contributed by atoms with E-state index < -0.39 is 5.97 Å². The van der Waals surface area contributed by atoms with Crippen LogP contribution in [-0.2, 0) is 0 Å². The van der Waals surface area contributed by atoms with Gasteiger partial charge < -0.3 is 10.4 Å². The van der Waals surface area contributed by atoms with Crippen molar-refractivity contribution in [1.29, 1.82) is 0 Å². The lowest BCUT2D eigenvalue weighted by Gasteiger charge is -1.98. The topological polar surface area (TPSA) is 124 Å². The van der Waals surface area contributed by atoms with Gasteiger partial charge in [0, 0.05) is 17.9 Å². The molecular weight excluding hydrogens is 262 g/mol. The molecule has 2 aromatic rings. The summed E-state index contributed by atoms with van der Waals surface area (Å²) in [6, 6.07) is 0. The number of aromatic nitrogens is 4. The molecule has 0 bridgehead atoms. The molecule has 1 amide bonds. The summed E-state index contributed by atoms with van der Waals surface area (Å²) in [4.78, 5) is 21.4. The van der Waals surface area contributed by atoms with E-state index in [0.717, 1.165) is 5.69 Å². The molecule has 2 rings (SSSR count). The third-order valence-electron chi connectivity index (χ3n) is 2.47. The minimum atomic E-state index is -0.943. The van der Waals surface area contributed by atoms with Crippen molar-refractivity contribution in [3.63, 3.8) is 0 Å². The molecule has 2 aromatic heterocycles. The normalized spacial score (nSPS) is 9.55. The summed E-state index contributed by atoms with van der Waals surface area (Å²) in [5.74, 6) is -1.01. The van der Waals surface area contributed by atoms with Crippen molar-refractivity contribution in [2.75, 3.05) is 6.54 Å². The lowest BCUT2D eigenvalue weighted by Crippen LogP contribution is -2.22. The van der Waals surface area contributed by atoms with E-state index >= 15 is 0 Å². The van der Waals surface area contributed by atoms with Gasteiger partial charge in [0.2, 0.25) is 0 Å². The van der Waals surface area contributed by atoms with Gasteiger partial charge in [-0.3, -0.25) is 15.0 Å². The molecular formula is C12H17N5O3. The smallest absolute Gasteiger partial charge is 0.339 e. The number of nitrogens with zero attached hydrogens (tertiary/aromatic N) is 2. The van der Waals surface area contributed by atoms with Crippen molar-refractivity contribution in [1.82, 2.24) is 25.7 Å². The predicted octanol–water partition coefficient (Wildman–Crippen LogP) is 0.884. The molecule has 0 aliphatic heterocycles. The summed E-state index contributed by atoms with van der Waals surface area (Å²) in [6.45, 7) is 6.00. The van der Waals surface area contributed by atoms with E-state index in [9.17, 15) is 9.59 Å². The third-order valence-corrected chi connectivity index (χ3v) is 2.47. The van der Waals surface area contributed by atoms with Crippen LogP contribution in [0.25, 0.3) is 0 Å². The van der Waals surface area contributed by atoms with Gasteiger partial charge in [-0.05, 0) is 20.8 Å². The Labute approximate surface area is 115 Å². The number of aryl methyl sites for hydroxylation is 2. The Morgan fingerprint density at radius 2 is 1.65 bits per heavy atom. The van der Waals surface area contributed by atoms with Crippen LogP contribution in [0.5, 0.6) is 0 Å². The molecule has 0 atom stereocenters. The highest BCUT2D eigenvalue weighted by atomic mass is 16.4. The number of carboxylic acids is 1. The van der Waals surface area contributed by atoms with Crippen molar-refractivity contribution >= 4 is 11.9 Å². The second kappa shape index (κ2) is 7.07. The second-order valence-electron chi connectivity index (χ2n) is 3.98. The van der Waals surface area contributed by atoms with Crippen molar-refractivity contribution < 1.29 is 14.7 Å². The summed E-state index contributed by atoms with van der Waals surface area (Å²) in [6.07, 6.45) is 2.82. The van der Waals surface area contributed by atoms with Crippen LogP contribution >= 0.6 is 0 Å². The fraction of sp³-hybridized carbons (Fsp3) is 0.333. The monoisotopic (exact) mass is 279 g/mol. The highest BCUT2D eigenvalue weighted by molar-refractivity contribution is 5.94. The maximum Gasteiger partial charge on any atom is 0.339 e. The molecule has 0 radical (unpaired) electrons. The maximum atomic E-state index is 11.2.